The Morgan fingerprint density at radius 2 is 2.25 bits per heavy atom. The van der Waals surface area contributed by atoms with Crippen LogP contribution in [-0.4, -0.2) is 28.4 Å². The van der Waals surface area contributed by atoms with Crippen LogP contribution in [-0.2, 0) is 11.3 Å². The Hall–Kier alpha value is -0.940. The predicted molar refractivity (Wildman–Crippen MR) is 66.2 cm³/mol. The summed E-state index contributed by atoms with van der Waals surface area (Å²) in [5.41, 5.74) is 6.29. The van der Waals surface area contributed by atoms with Crippen molar-refractivity contribution in [3.8, 4) is 0 Å². The second kappa shape index (κ2) is 4.93. The van der Waals surface area contributed by atoms with Gasteiger partial charge in [0.05, 0.1) is 17.2 Å². The predicted octanol–water partition coefficient (Wildman–Crippen LogP) is 1.54. The maximum Gasteiger partial charge on any atom is 0.224 e. The van der Waals surface area contributed by atoms with Gasteiger partial charge in [0.25, 0.3) is 0 Å². The lowest BCUT2D eigenvalue weighted by Gasteiger charge is -2.22. The molecule has 0 spiro atoms. The number of carbonyl (C=O) groups is 1. The van der Waals surface area contributed by atoms with E-state index >= 15 is 0 Å². The number of aromatic nitrogens is 1. The summed E-state index contributed by atoms with van der Waals surface area (Å²) in [6, 6.07) is 0. The second-order valence-electron chi connectivity index (χ2n) is 4.77. The number of aryl methyl sites for hydroxylation is 1. The van der Waals surface area contributed by atoms with Gasteiger partial charge in [-0.15, -0.1) is 11.3 Å². The maximum absolute atomic E-state index is 11.8. The summed E-state index contributed by atoms with van der Waals surface area (Å²) in [5.74, 6) is 0.0538. The van der Waals surface area contributed by atoms with Gasteiger partial charge in [-0.2, -0.15) is 0 Å². The van der Waals surface area contributed by atoms with Crippen molar-refractivity contribution in [1.29, 1.82) is 0 Å². The smallest absolute Gasteiger partial charge is 0.224 e. The molecule has 1 amide bonds. The zero-order valence-electron chi connectivity index (χ0n) is 10.3. The van der Waals surface area contributed by atoms with Crippen molar-refractivity contribution in [2.24, 2.45) is 5.73 Å². The molecule has 0 saturated carbocycles. The lowest BCUT2D eigenvalue weighted by Crippen LogP contribution is -2.39. The SMILES string of the molecule is Cc1nc(CN(C)C(=O)CC(C)(C)N)cs1. The van der Waals surface area contributed by atoms with Crippen LogP contribution in [0.1, 0.15) is 31.0 Å². The van der Waals surface area contributed by atoms with Crippen molar-refractivity contribution in [2.45, 2.75) is 39.3 Å². The third-order valence-corrected chi connectivity index (χ3v) is 2.92. The first-order valence-electron chi connectivity index (χ1n) is 5.22. The summed E-state index contributed by atoms with van der Waals surface area (Å²) in [7, 11) is 1.78. The van der Waals surface area contributed by atoms with Crippen molar-refractivity contribution in [2.75, 3.05) is 7.05 Å². The zero-order chi connectivity index (χ0) is 12.3. The molecule has 90 valence electrons. The summed E-state index contributed by atoms with van der Waals surface area (Å²) >= 11 is 1.60. The fraction of sp³-hybridized carbons (Fsp3) is 0.636. The Labute approximate surface area is 100 Å². The molecule has 0 aliphatic heterocycles. The van der Waals surface area contributed by atoms with E-state index in [4.69, 9.17) is 5.73 Å². The molecule has 0 bridgehead atoms. The summed E-state index contributed by atoms with van der Waals surface area (Å²) in [6.07, 6.45) is 0.354. The molecule has 0 aliphatic carbocycles. The fourth-order valence-corrected chi connectivity index (χ4v) is 1.94. The highest BCUT2D eigenvalue weighted by atomic mass is 32.1. The molecule has 5 heteroatoms. The average molecular weight is 241 g/mol. The quantitative estimate of drug-likeness (QED) is 0.870. The van der Waals surface area contributed by atoms with Gasteiger partial charge in [0.2, 0.25) is 5.91 Å². The normalized spacial score (nSPS) is 11.6. The van der Waals surface area contributed by atoms with Crippen LogP contribution in [0.2, 0.25) is 0 Å². The van der Waals surface area contributed by atoms with Crippen LogP contribution in [0.3, 0.4) is 0 Å². The number of rotatable bonds is 4. The van der Waals surface area contributed by atoms with Gasteiger partial charge in [0.15, 0.2) is 0 Å². The summed E-state index contributed by atoms with van der Waals surface area (Å²) in [4.78, 5) is 17.8. The van der Waals surface area contributed by atoms with E-state index in [1.54, 1.807) is 23.3 Å². The topological polar surface area (TPSA) is 59.2 Å². The van der Waals surface area contributed by atoms with Crippen LogP contribution in [0.25, 0.3) is 0 Å². The van der Waals surface area contributed by atoms with E-state index < -0.39 is 5.54 Å². The van der Waals surface area contributed by atoms with Crippen LogP contribution in [0.4, 0.5) is 0 Å². The van der Waals surface area contributed by atoms with Crippen molar-refractivity contribution >= 4 is 17.2 Å². The number of hydrogen-bond donors (Lipinski definition) is 1. The van der Waals surface area contributed by atoms with Gasteiger partial charge in [0.1, 0.15) is 0 Å². The number of thiazole rings is 1. The highest BCUT2D eigenvalue weighted by molar-refractivity contribution is 7.09. The highest BCUT2D eigenvalue weighted by Crippen LogP contribution is 2.12. The molecule has 2 N–H and O–H groups in total. The lowest BCUT2D eigenvalue weighted by atomic mass is 10.0. The molecule has 0 aromatic carbocycles. The van der Waals surface area contributed by atoms with E-state index in [0.717, 1.165) is 10.7 Å². The van der Waals surface area contributed by atoms with E-state index in [-0.39, 0.29) is 5.91 Å². The standard InChI is InChI=1S/C11H19N3OS/c1-8-13-9(7-16-8)6-14(4)10(15)5-11(2,3)12/h7H,5-6,12H2,1-4H3. The lowest BCUT2D eigenvalue weighted by molar-refractivity contribution is -0.131. The molecule has 1 aromatic heterocycles. The van der Waals surface area contributed by atoms with Crippen molar-refractivity contribution in [1.82, 2.24) is 9.88 Å². The van der Waals surface area contributed by atoms with Crippen LogP contribution < -0.4 is 5.73 Å². The van der Waals surface area contributed by atoms with Gasteiger partial charge in [-0.25, -0.2) is 4.98 Å². The molecule has 0 saturated heterocycles. The molecule has 0 aliphatic rings. The molecule has 1 rings (SSSR count). The van der Waals surface area contributed by atoms with E-state index in [0.29, 0.717) is 13.0 Å². The molecular weight excluding hydrogens is 222 g/mol. The van der Waals surface area contributed by atoms with E-state index in [2.05, 4.69) is 4.98 Å². The summed E-state index contributed by atoms with van der Waals surface area (Å²) < 4.78 is 0. The summed E-state index contributed by atoms with van der Waals surface area (Å²) in [6.45, 7) is 6.22. The van der Waals surface area contributed by atoms with Crippen molar-refractivity contribution in [3.05, 3.63) is 16.1 Å². The molecular formula is C11H19N3OS. The molecule has 4 nitrogen and oxygen atoms in total. The molecule has 0 atom stereocenters. The average Bonchev–Trinajstić information content (AvgIpc) is 2.48. The van der Waals surface area contributed by atoms with Gasteiger partial charge < -0.3 is 10.6 Å². The number of nitrogens with two attached hydrogens (primary N) is 1. The Morgan fingerprint density at radius 3 is 2.69 bits per heavy atom. The molecule has 1 heterocycles. The minimum Gasteiger partial charge on any atom is -0.340 e. The Bertz CT molecular complexity index is 368. The maximum atomic E-state index is 11.8. The number of carbonyl (C=O) groups excluding carboxylic acids is 1. The van der Waals surface area contributed by atoms with Crippen LogP contribution in [0.5, 0.6) is 0 Å². The third kappa shape index (κ3) is 4.28. The Balaban J connectivity index is 2.52. The first kappa shape index (κ1) is 13.1. The second-order valence-corrected chi connectivity index (χ2v) is 5.84. The minimum absolute atomic E-state index is 0.0538. The van der Waals surface area contributed by atoms with Gasteiger partial charge in [0, 0.05) is 24.4 Å². The Kier molecular flexibility index (Phi) is 4.04. The summed E-state index contributed by atoms with van der Waals surface area (Å²) in [5, 5.41) is 3.00. The first-order chi connectivity index (χ1) is 7.28. The number of amides is 1. The van der Waals surface area contributed by atoms with Crippen LogP contribution >= 0.6 is 11.3 Å². The molecule has 1 aromatic rings. The van der Waals surface area contributed by atoms with E-state index in [1.165, 1.54) is 0 Å². The van der Waals surface area contributed by atoms with Crippen molar-refractivity contribution in [3.63, 3.8) is 0 Å². The monoisotopic (exact) mass is 241 g/mol. The van der Waals surface area contributed by atoms with Crippen molar-refractivity contribution < 1.29 is 4.79 Å². The minimum atomic E-state index is -0.455. The van der Waals surface area contributed by atoms with Gasteiger partial charge in [-0.1, -0.05) is 0 Å². The van der Waals surface area contributed by atoms with Crippen LogP contribution in [0, 0.1) is 6.92 Å². The largest absolute Gasteiger partial charge is 0.340 e. The van der Waals surface area contributed by atoms with E-state index in [9.17, 15) is 4.79 Å². The van der Waals surface area contributed by atoms with Crippen LogP contribution in [0.15, 0.2) is 5.38 Å². The molecule has 16 heavy (non-hydrogen) atoms. The van der Waals surface area contributed by atoms with Gasteiger partial charge >= 0.3 is 0 Å². The van der Waals surface area contributed by atoms with E-state index in [1.807, 2.05) is 26.2 Å². The number of nitrogens with zero attached hydrogens (tertiary/aromatic N) is 2. The molecule has 0 unspecified atom stereocenters. The third-order valence-electron chi connectivity index (χ3n) is 2.10. The zero-order valence-corrected chi connectivity index (χ0v) is 11.1. The number of hydrogen-bond acceptors (Lipinski definition) is 4. The Morgan fingerprint density at radius 1 is 1.62 bits per heavy atom. The fourth-order valence-electron chi connectivity index (χ4n) is 1.34. The molecule has 0 fully saturated rings. The first-order valence-corrected chi connectivity index (χ1v) is 6.10. The van der Waals surface area contributed by atoms with Gasteiger partial charge in [-0.3, -0.25) is 4.79 Å². The van der Waals surface area contributed by atoms with Gasteiger partial charge in [-0.05, 0) is 20.8 Å². The molecule has 0 radical (unpaired) electrons. The highest BCUT2D eigenvalue weighted by Gasteiger charge is 2.19.